The van der Waals surface area contributed by atoms with Crippen LogP contribution < -0.4 is 10.6 Å². The van der Waals surface area contributed by atoms with Crippen molar-refractivity contribution >= 4 is 23.5 Å². The maximum Gasteiger partial charge on any atom is 0.325 e. The largest absolute Gasteiger partial charge is 0.454 e. The van der Waals surface area contributed by atoms with Gasteiger partial charge in [-0.2, -0.15) is 0 Å². The Hall–Kier alpha value is -2.37. The molecule has 4 saturated carbocycles. The number of esters is 1. The van der Waals surface area contributed by atoms with Crippen LogP contribution in [0.1, 0.15) is 63.9 Å². The number of hydrogen-bond acceptors (Lipinski definition) is 4. The molecule has 6 nitrogen and oxygen atoms in total. The zero-order valence-electron chi connectivity index (χ0n) is 18.5. The molecule has 31 heavy (non-hydrogen) atoms. The summed E-state index contributed by atoms with van der Waals surface area (Å²) in [6.45, 7) is 1.62. The van der Waals surface area contributed by atoms with E-state index in [0.29, 0.717) is 23.4 Å². The van der Waals surface area contributed by atoms with Gasteiger partial charge < -0.3 is 15.4 Å². The van der Waals surface area contributed by atoms with Crippen molar-refractivity contribution in [3.8, 4) is 0 Å². The van der Waals surface area contributed by atoms with E-state index in [1.54, 1.807) is 0 Å². The van der Waals surface area contributed by atoms with Crippen LogP contribution in [0, 0.1) is 23.2 Å². The summed E-state index contributed by atoms with van der Waals surface area (Å²) in [6, 6.07) is 7.71. The van der Waals surface area contributed by atoms with E-state index in [2.05, 4.69) is 17.6 Å². The number of unbranched alkanes of at least 4 members (excludes halogenated alkanes) is 1. The summed E-state index contributed by atoms with van der Waals surface area (Å²) in [6.07, 6.45) is 9.99. The van der Waals surface area contributed by atoms with E-state index in [1.165, 1.54) is 24.8 Å². The molecule has 6 heteroatoms. The molecule has 4 aliphatic carbocycles. The minimum atomic E-state index is -0.580. The molecule has 4 bridgehead atoms. The molecule has 0 spiro atoms. The molecule has 0 aliphatic heterocycles. The Bertz CT molecular complexity index is 782. The van der Waals surface area contributed by atoms with Crippen LogP contribution >= 0.6 is 0 Å². The maximum absolute atomic E-state index is 12.9. The Morgan fingerprint density at radius 1 is 1.00 bits per heavy atom. The van der Waals surface area contributed by atoms with Gasteiger partial charge in [0.05, 0.1) is 0 Å². The second-order valence-electron chi connectivity index (χ2n) is 9.89. The van der Waals surface area contributed by atoms with E-state index in [1.807, 2.05) is 24.3 Å². The number of nitrogens with one attached hydrogen (secondary N) is 2. The molecule has 1 aromatic rings. The van der Waals surface area contributed by atoms with Crippen LogP contribution in [0.4, 0.5) is 5.69 Å². The lowest BCUT2D eigenvalue weighted by molar-refractivity contribution is -0.152. The predicted octanol–water partition coefficient (Wildman–Crippen LogP) is 3.84. The van der Waals surface area contributed by atoms with E-state index < -0.39 is 5.97 Å². The van der Waals surface area contributed by atoms with Gasteiger partial charge >= 0.3 is 5.97 Å². The van der Waals surface area contributed by atoms with Crippen molar-refractivity contribution in [3.05, 3.63) is 29.8 Å². The van der Waals surface area contributed by atoms with Crippen molar-refractivity contribution in [1.82, 2.24) is 5.32 Å². The second-order valence-corrected chi connectivity index (χ2v) is 9.89. The molecule has 2 N–H and O–H groups in total. The fourth-order valence-corrected chi connectivity index (χ4v) is 6.26. The van der Waals surface area contributed by atoms with Crippen LogP contribution in [-0.2, 0) is 25.5 Å². The quantitative estimate of drug-likeness (QED) is 0.588. The van der Waals surface area contributed by atoms with Crippen molar-refractivity contribution < 1.29 is 19.1 Å². The minimum Gasteiger partial charge on any atom is -0.454 e. The highest BCUT2D eigenvalue weighted by molar-refractivity contribution is 5.93. The Kier molecular flexibility index (Phi) is 6.63. The van der Waals surface area contributed by atoms with Gasteiger partial charge in [-0.25, -0.2) is 0 Å². The summed E-state index contributed by atoms with van der Waals surface area (Å²) in [5.41, 5.74) is 1.63. The molecule has 2 amide bonds. The number of amides is 2. The molecule has 0 unspecified atom stereocenters. The molecule has 0 radical (unpaired) electrons. The zero-order chi connectivity index (χ0) is 21.8. The van der Waals surface area contributed by atoms with Gasteiger partial charge in [0.2, 0.25) is 5.91 Å². The zero-order valence-corrected chi connectivity index (χ0v) is 18.5. The normalized spacial score (nSPS) is 28.2. The first-order chi connectivity index (χ1) is 15.0. The topological polar surface area (TPSA) is 84.5 Å². The molecule has 0 atom stereocenters. The van der Waals surface area contributed by atoms with Crippen LogP contribution in [0.3, 0.4) is 0 Å². The summed E-state index contributed by atoms with van der Waals surface area (Å²) >= 11 is 0. The lowest BCUT2D eigenvalue weighted by atomic mass is 9.49. The summed E-state index contributed by atoms with van der Waals surface area (Å²) in [4.78, 5) is 37.0. The van der Waals surface area contributed by atoms with Gasteiger partial charge in [0.15, 0.2) is 6.61 Å². The molecule has 4 aliphatic rings. The SMILES string of the molecule is CCCCc1ccc(NC(=O)COC(=O)CNC(=O)C23CC4CC(CC(C4)C2)C3)cc1. The van der Waals surface area contributed by atoms with Crippen molar-refractivity contribution in [2.45, 2.75) is 64.7 Å². The van der Waals surface area contributed by atoms with Gasteiger partial charge in [-0.05, 0) is 86.8 Å². The van der Waals surface area contributed by atoms with Crippen molar-refractivity contribution in [2.24, 2.45) is 23.2 Å². The third kappa shape index (κ3) is 5.28. The van der Waals surface area contributed by atoms with E-state index in [9.17, 15) is 14.4 Å². The van der Waals surface area contributed by atoms with Crippen LogP contribution in [0.25, 0.3) is 0 Å². The first-order valence-corrected chi connectivity index (χ1v) is 11.8. The number of ether oxygens (including phenoxy) is 1. The summed E-state index contributed by atoms with van der Waals surface area (Å²) < 4.78 is 5.06. The highest BCUT2D eigenvalue weighted by atomic mass is 16.5. The Labute approximate surface area is 184 Å². The second kappa shape index (κ2) is 9.41. The van der Waals surface area contributed by atoms with Crippen molar-refractivity contribution in [2.75, 3.05) is 18.5 Å². The molecule has 168 valence electrons. The van der Waals surface area contributed by atoms with E-state index in [4.69, 9.17) is 4.74 Å². The number of carbonyl (C=O) groups is 3. The third-order valence-corrected chi connectivity index (χ3v) is 7.33. The van der Waals surface area contributed by atoms with Crippen LogP contribution in [0.5, 0.6) is 0 Å². The molecular weight excluding hydrogens is 392 g/mol. The van der Waals surface area contributed by atoms with Crippen LogP contribution in [0.2, 0.25) is 0 Å². The van der Waals surface area contributed by atoms with E-state index in [-0.39, 0.29) is 30.4 Å². The number of rotatable bonds is 9. The molecule has 1 aromatic carbocycles. The average molecular weight is 427 g/mol. The van der Waals surface area contributed by atoms with Gasteiger partial charge in [-0.3, -0.25) is 14.4 Å². The smallest absolute Gasteiger partial charge is 0.325 e. The first-order valence-electron chi connectivity index (χ1n) is 11.8. The molecule has 5 rings (SSSR count). The highest BCUT2D eigenvalue weighted by Crippen LogP contribution is 2.60. The Morgan fingerprint density at radius 2 is 1.61 bits per heavy atom. The maximum atomic E-state index is 12.9. The highest BCUT2D eigenvalue weighted by Gasteiger charge is 2.54. The fraction of sp³-hybridized carbons (Fsp3) is 0.640. The predicted molar refractivity (Wildman–Crippen MR) is 118 cm³/mol. The van der Waals surface area contributed by atoms with Gasteiger partial charge in [0, 0.05) is 11.1 Å². The standard InChI is InChI=1S/C25H34N2O4/c1-2-3-4-17-5-7-21(8-6-17)27-22(28)16-31-23(29)15-26-24(30)25-12-18-9-19(13-25)11-20(10-18)14-25/h5-8,18-20H,2-4,9-16H2,1H3,(H,26,30)(H,27,28). The van der Waals surface area contributed by atoms with Crippen molar-refractivity contribution in [1.29, 1.82) is 0 Å². The first kappa shape index (κ1) is 21.8. The Morgan fingerprint density at radius 3 is 2.19 bits per heavy atom. The fourth-order valence-electron chi connectivity index (χ4n) is 6.26. The van der Waals surface area contributed by atoms with E-state index in [0.717, 1.165) is 38.5 Å². The monoisotopic (exact) mass is 426 g/mol. The summed E-state index contributed by atoms with van der Waals surface area (Å²) in [5.74, 6) is 1.05. The molecule has 4 fully saturated rings. The number of carbonyl (C=O) groups excluding carboxylic acids is 3. The molecule has 0 saturated heterocycles. The molecule has 0 aromatic heterocycles. The third-order valence-electron chi connectivity index (χ3n) is 7.33. The molecular formula is C25H34N2O4. The summed E-state index contributed by atoms with van der Waals surface area (Å²) in [5, 5.41) is 5.52. The number of anilines is 1. The van der Waals surface area contributed by atoms with E-state index >= 15 is 0 Å². The van der Waals surface area contributed by atoms with Gasteiger partial charge in [0.1, 0.15) is 6.54 Å². The molecule has 0 heterocycles. The summed E-state index contributed by atoms with van der Waals surface area (Å²) in [7, 11) is 0. The van der Waals surface area contributed by atoms with Gasteiger partial charge in [-0.15, -0.1) is 0 Å². The number of benzene rings is 1. The van der Waals surface area contributed by atoms with Crippen LogP contribution in [-0.4, -0.2) is 30.9 Å². The Balaban J connectivity index is 1.17. The minimum absolute atomic E-state index is 0.00355. The van der Waals surface area contributed by atoms with Crippen molar-refractivity contribution in [3.63, 3.8) is 0 Å². The average Bonchev–Trinajstić information content (AvgIpc) is 2.74. The lowest BCUT2D eigenvalue weighted by Crippen LogP contribution is -2.54. The lowest BCUT2D eigenvalue weighted by Gasteiger charge is -2.55. The van der Waals surface area contributed by atoms with Crippen LogP contribution in [0.15, 0.2) is 24.3 Å². The number of aryl methyl sites for hydroxylation is 1. The number of hydrogen-bond donors (Lipinski definition) is 2. The van der Waals surface area contributed by atoms with Gasteiger partial charge in [-0.1, -0.05) is 25.5 Å². The van der Waals surface area contributed by atoms with Gasteiger partial charge in [0.25, 0.3) is 5.91 Å².